The van der Waals surface area contributed by atoms with E-state index in [9.17, 15) is 0 Å². The molecule has 0 atom stereocenters. The molecule has 0 saturated heterocycles. The number of rotatable bonds is 3. The van der Waals surface area contributed by atoms with Crippen molar-refractivity contribution >= 4 is 5.65 Å². The number of methoxy groups -OCH3 is 1. The molecule has 2 rings (SSSR count). The Kier molecular flexibility index (Phi) is 2.23. The van der Waals surface area contributed by atoms with Crippen molar-refractivity contribution in [1.82, 2.24) is 14.6 Å². The first-order valence-electron chi connectivity index (χ1n) is 4.19. The van der Waals surface area contributed by atoms with Gasteiger partial charge >= 0.3 is 0 Å². The van der Waals surface area contributed by atoms with Crippen molar-refractivity contribution in [2.45, 2.75) is 6.42 Å². The summed E-state index contributed by atoms with van der Waals surface area (Å²) in [7, 11) is 1.68. The summed E-state index contributed by atoms with van der Waals surface area (Å²) in [5.41, 5.74) is 0.883. The van der Waals surface area contributed by atoms with Gasteiger partial charge in [-0.1, -0.05) is 6.07 Å². The number of hydrogen-bond acceptors (Lipinski definition) is 3. The van der Waals surface area contributed by atoms with Crippen LogP contribution in [0.15, 0.2) is 24.4 Å². The standard InChI is InChI=1S/C9H11N3O/c1-13-7-5-8-10-9-4-2-3-6-12(9)11-8/h2-4,6H,5,7H2,1H3. The minimum absolute atomic E-state index is 0.664. The Morgan fingerprint density at radius 1 is 1.46 bits per heavy atom. The first kappa shape index (κ1) is 8.19. The molecule has 0 saturated carbocycles. The maximum atomic E-state index is 4.95. The Bertz CT molecular complexity index is 363. The van der Waals surface area contributed by atoms with Crippen molar-refractivity contribution in [3.8, 4) is 0 Å². The Labute approximate surface area is 76.2 Å². The van der Waals surface area contributed by atoms with Gasteiger partial charge in [-0.15, -0.1) is 0 Å². The molecule has 0 unspecified atom stereocenters. The highest BCUT2D eigenvalue weighted by atomic mass is 16.5. The zero-order valence-corrected chi connectivity index (χ0v) is 7.47. The predicted molar refractivity (Wildman–Crippen MR) is 48.6 cm³/mol. The summed E-state index contributed by atoms with van der Waals surface area (Å²) in [6, 6.07) is 5.81. The summed E-state index contributed by atoms with van der Waals surface area (Å²) >= 11 is 0. The zero-order chi connectivity index (χ0) is 9.10. The monoisotopic (exact) mass is 177 g/mol. The lowest BCUT2D eigenvalue weighted by Gasteiger charge is -1.90. The van der Waals surface area contributed by atoms with Crippen LogP contribution < -0.4 is 0 Å². The van der Waals surface area contributed by atoms with Crippen LogP contribution >= 0.6 is 0 Å². The maximum absolute atomic E-state index is 4.95. The summed E-state index contributed by atoms with van der Waals surface area (Å²) < 4.78 is 6.72. The Hall–Kier alpha value is -1.42. The minimum atomic E-state index is 0.664. The lowest BCUT2D eigenvalue weighted by molar-refractivity contribution is 0.200. The lowest BCUT2D eigenvalue weighted by atomic mass is 10.4. The van der Waals surface area contributed by atoms with Crippen molar-refractivity contribution < 1.29 is 4.74 Å². The normalized spacial score (nSPS) is 10.8. The second kappa shape index (κ2) is 3.53. The molecule has 0 aliphatic rings. The molecule has 0 aromatic carbocycles. The van der Waals surface area contributed by atoms with Crippen LogP contribution in [0.4, 0.5) is 0 Å². The van der Waals surface area contributed by atoms with Gasteiger partial charge in [-0.2, -0.15) is 5.10 Å². The molecule has 0 aliphatic heterocycles. The van der Waals surface area contributed by atoms with Crippen LogP contribution in [0.5, 0.6) is 0 Å². The molecule has 0 fully saturated rings. The van der Waals surface area contributed by atoms with Crippen LogP contribution in [0.3, 0.4) is 0 Å². The molecule has 0 N–H and O–H groups in total. The van der Waals surface area contributed by atoms with E-state index in [1.807, 2.05) is 24.4 Å². The lowest BCUT2D eigenvalue weighted by Crippen LogP contribution is -1.96. The molecule has 0 radical (unpaired) electrons. The Morgan fingerprint density at radius 3 is 3.15 bits per heavy atom. The topological polar surface area (TPSA) is 39.4 Å². The zero-order valence-electron chi connectivity index (χ0n) is 7.47. The first-order valence-corrected chi connectivity index (χ1v) is 4.19. The average molecular weight is 177 g/mol. The number of ether oxygens (including phenoxy) is 1. The highest BCUT2D eigenvalue weighted by Crippen LogP contribution is 2.00. The van der Waals surface area contributed by atoms with E-state index >= 15 is 0 Å². The predicted octanol–water partition coefficient (Wildman–Crippen LogP) is 0.918. The fraction of sp³-hybridized carbons (Fsp3) is 0.333. The largest absolute Gasteiger partial charge is 0.384 e. The first-order chi connectivity index (χ1) is 6.40. The number of aromatic nitrogens is 3. The molecule has 0 spiro atoms. The van der Waals surface area contributed by atoms with E-state index in [0.29, 0.717) is 6.61 Å². The fourth-order valence-corrected chi connectivity index (χ4v) is 1.18. The Morgan fingerprint density at radius 2 is 2.38 bits per heavy atom. The van der Waals surface area contributed by atoms with Gasteiger partial charge in [0, 0.05) is 19.7 Å². The van der Waals surface area contributed by atoms with Gasteiger partial charge in [-0.25, -0.2) is 9.50 Å². The summed E-state index contributed by atoms with van der Waals surface area (Å²) in [5, 5.41) is 4.28. The van der Waals surface area contributed by atoms with Gasteiger partial charge in [0.2, 0.25) is 0 Å². The molecule has 68 valence electrons. The van der Waals surface area contributed by atoms with Gasteiger partial charge in [-0.05, 0) is 12.1 Å². The third-order valence-electron chi connectivity index (χ3n) is 1.81. The van der Waals surface area contributed by atoms with Gasteiger partial charge in [0.25, 0.3) is 0 Å². The van der Waals surface area contributed by atoms with Crippen molar-refractivity contribution in [2.75, 3.05) is 13.7 Å². The average Bonchev–Trinajstić information content (AvgIpc) is 2.57. The molecule has 0 aliphatic carbocycles. The Balaban J connectivity index is 2.28. The molecule has 4 nitrogen and oxygen atoms in total. The molecular formula is C9H11N3O. The molecule has 13 heavy (non-hydrogen) atoms. The van der Waals surface area contributed by atoms with Crippen molar-refractivity contribution in [3.63, 3.8) is 0 Å². The molecular weight excluding hydrogens is 166 g/mol. The SMILES string of the molecule is COCCc1nc2ccccn2n1. The highest BCUT2D eigenvalue weighted by Gasteiger charge is 2.00. The third kappa shape index (κ3) is 1.67. The summed E-state index contributed by atoms with van der Waals surface area (Å²) in [6.07, 6.45) is 2.65. The van der Waals surface area contributed by atoms with Crippen LogP contribution in [-0.2, 0) is 11.2 Å². The smallest absolute Gasteiger partial charge is 0.155 e. The quantitative estimate of drug-likeness (QED) is 0.699. The molecule has 2 aromatic heterocycles. The summed E-state index contributed by atoms with van der Waals surface area (Å²) in [4.78, 5) is 4.32. The van der Waals surface area contributed by atoms with E-state index < -0.39 is 0 Å². The number of fused-ring (bicyclic) bond motifs is 1. The van der Waals surface area contributed by atoms with Crippen LogP contribution in [-0.4, -0.2) is 28.3 Å². The molecule has 2 aromatic rings. The second-order valence-corrected chi connectivity index (χ2v) is 2.77. The maximum Gasteiger partial charge on any atom is 0.155 e. The van der Waals surface area contributed by atoms with Gasteiger partial charge in [0.1, 0.15) is 0 Å². The molecule has 2 heterocycles. The van der Waals surface area contributed by atoms with Crippen LogP contribution in [0.1, 0.15) is 5.82 Å². The van der Waals surface area contributed by atoms with Crippen molar-refractivity contribution in [3.05, 3.63) is 30.2 Å². The van der Waals surface area contributed by atoms with Crippen molar-refractivity contribution in [1.29, 1.82) is 0 Å². The summed E-state index contributed by atoms with van der Waals surface area (Å²) in [6.45, 7) is 0.664. The van der Waals surface area contributed by atoms with Gasteiger partial charge in [0.15, 0.2) is 11.5 Å². The van der Waals surface area contributed by atoms with Crippen LogP contribution in [0, 0.1) is 0 Å². The van der Waals surface area contributed by atoms with E-state index in [1.54, 1.807) is 11.6 Å². The van der Waals surface area contributed by atoms with Gasteiger partial charge in [-0.3, -0.25) is 0 Å². The summed E-state index contributed by atoms with van der Waals surface area (Å²) in [5.74, 6) is 0.827. The van der Waals surface area contributed by atoms with E-state index in [0.717, 1.165) is 17.9 Å². The fourth-order valence-electron chi connectivity index (χ4n) is 1.18. The van der Waals surface area contributed by atoms with E-state index in [-0.39, 0.29) is 0 Å². The molecule has 4 heteroatoms. The highest BCUT2D eigenvalue weighted by molar-refractivity contribution is 5.36. The van der Waals surface area contributed by atoms with E-state index in [4.69, 9.17) is 4.74 Å². The van der Waals surface area contributed by atoms with Gasteiger partial charge in [0.05, 0.1) is 6.61 Å². The second-order valence-electron chi connectivity index (χ2n) is 2.77. The third-order valence-corrected chi connectivity index (χ3v) is 1.81. The minimum Gasteiger partial charge on any atom is -0.384 e. The number of hydrogen-bond donors (Lipinski definition) is 0. The molecule has 0 bridgehead atoms. The molecule has 0 amide bonds. The number of pyridine rings is 1. The van der Waals surface area contributed by atoms with Gasteiger partial charge < -0.3 is 4.74 Å². The number of nitrogens with zero attached hydrogens (tertiary/aromatic N) is 3. The van der Waals surface area contributed by atoms with E-state index in [2.05, 4.69) is 10.1 Å². The van der Waals surface area contributed by atoms with Crippen molar-refractivity contribution in [2.24, 2.45) is 0 Å². The van der Waals surface area contributed by atoms with Crippen LogP contribution in [0.2, 0.25) is 0 Å². The van der Waals surface area contributed by atoms with Crippen LogP contribution in [0.25, 0.3) is 5.65 Å². The van der Waals surface area contributed by atoms with E-state index in [1.165, 1.54) is 0 Å².